The lowest BCUT2D eigenvalue weighted by Crippen LogP contribution is -1.95. The van der Waals surface area contributed by atoms with Gasteiger partial charge in [-0.1, -0.05) is 0 Å². The fraction of sp³-hybridized carbons (Fsp3) is 0.214. The number of aryl methyl sites for hydroxylation is 1. The van der Waals surface area contributed by atoms with E-state index in [1.54, 1.807) is 11.3 Å². The average Bonchev–Trinajstić information content (AvgIpc) is 2.93. The van der Waals surface area contributed by atoms with E-state index >= 15 is 0 Å². The molecular formula is C14H15N3OS. The maximum Gasteiger partial charge on any atom is 0.196 e. The van der Waals surface area contributed by atoms with Gasteiger partial charge in [0.25, 0.3) is 0 Å². The van der Waals surface area contributed by atoms with Crippen LogP contribution in [0, 0.1) is 6.92 Å². The highest BCUT2D eigenvalue weighted by Gasteiger charge is 2.13. The van der Waals surface area contributed by atoms with Crippen molar-refractivity contribution in [3.05, 3.63) is 35.3 Å². The maximum absolute atomic E-state index is 6.19. The molecule has 0 radical (unpaired) electrons. The lowest BCUT2D eigenvalue weighted by molar-refractivity contribution is 0.340. The minimum atomic E-state index is 0.668. The zero-order valence-corrected chi connectivity index (χ0v) is 11.7. The smallest absolute Gasteiger partial charge is 0.196 e. The quantitative estimate of drug-likeness (QED) is 0.796. The number of benzene rings is 1. The van der Waals surface area contributed by atoms with Gasteiger partial charge >= 0.3 is 0 Å². The van der Waals surface area contributed by atoms with Crippen LogP contribution in [0.1, 0.15) is 12.6 Å². The number of rotatable bonds is 3. The first-order valence-corrected chi connectivity index (χ1v) is 7.04. The Hall–Kier alpha value is -2.01. The molecule has 0 saturated heterocycles. The van der Waals surface area contributed by atoms with Crippen LogP contribution < -0.4 is 10.5 Å². The predicted molar refractivity (Wildman–Crippen MR) is 78.8 cm³/mol. The number of ether oxygens (including phenoxy) is 1. The fourth-order valence-corrected chi connectivity index (χ4v) is 2.98. The third-order valence-corrected chi connectivity index (χ3v) is 3.95. The van der Waals surface area contributed by atoms with Crippen molar-refractivity contribution in [2.75, 3.05) is 12.3 Å². The fourth-order valence-electron chi connectivity index (χ4n) is 2.11. The highest BCUT2D eigenvalue weighted by atomic mass is 32.1. The van der Waals surface area contributed by atoms with Gasteiger partial charge in [0, 0.05) is 16.6 Å². The molecule has 3 rings (SSSR count). The normalized spacial score (nSPS) is 11.1. The van der Waals surface area contributed by atoms with E-state index in [4.69, 9.17) is 10.5 Å². The lowest BCUT2D eigenvalue weighted by atomic mass is 10.1. The molecule has 2 N–H and O–H groups in total. The van der Waals surface area contributed by atoms with Gasteiger partial charge in [-0.25, -0.2) is 4.98 Å². The SMILES string of the molecule is CCOc1ccc(-c2nc3scc(C)n3c2N)cc1. The molecule has 4 nitrogen and oxygen atoms in total. The summed E-state index contributed by atoms with van der Waals surface area (Å²) in [4.78, 5) is 5.52. The maximum atomic E-state index is 6.19. The Kier molecular flexibility index (Phi) is 2.91. The molecular weight excluding hydrogens is 258 g/mol. The Morgan fingerprint density at radius 2 is 2.05 bits per heavy atom. The van der Waals surface area contributed by atoms with Gasteiger partial charge in [-0.2, -0.15) is 0 Å². The molecule has 5 heteroatoms. The van der Waals surface area contributed by atoms with Gasteiger partial charge in [-0.15, -0.1) is 11.3 Å². The van der Waals surface area contributed by atoms with E-state index in [1.165, 1.54) is 0 Å². The summed E-state index contributed by atoms with van der Waals surface area (Å²) in [5.41, 5.74) is 9.14. The summed E-state index contributed by atoms with van der Waals surface area (Å²) in [6, 6.07) is 7.86. The summed E-state index contributed by atoms with van der Waals surface area (Å²) in [6.07, 6.45) is 0. The van der Waals surface area contributed by atoms with Gasteiger partial charge in [0.1, 0.15) is 17.3 Å². The topological polar surface area (TPSA) is 52.5 Å². The molecule has 1 aromatic carbocycles. The molecule has 0 saturated carbocycles. The zero-order valence-electron chi connectivity index (χ0n) is 10.9. The molecule has 0 spiro atoms. The first-order valence-electron chi connectivity index (χ1n) is 6.16. The van der Waals surface area contributed by atoms with Crippen molar-refractivity contribution in [3.8, 4) is 17.0 Å². The second-order valence-corrected chi connectivity index (χ2v) is 5.13. The molecule has 98 valence electrons. The Morgan fingerprint density at radius 3 is 2.68 bits per heavy atom. The van der Waals surface area contributed by atoms with E-state index < -0.39 is 0 Å². The van der Waals surface area contributed by atoms with Crippen molar-refractivity contribution in [1.82, 2.24) is 9.38 Å². The first kappa shape index (κ1) is 12.0. The number of nitrogen functional groups attached to an aromatic ring is 1. The number of hydrogen-bond donors (Lipinski definition) is 1. The number of aromatic nitrogens is 2. The molecule has 0 unspecified atom stereocenters. The molecule has 2 aromatic heterocycles. The molecule has 0 amide bonds. The minimum Gasteiger partial charge on any atom is -0.494 e. The molecule has 2 heterocycles. The molecule has 0 aliphatic heterocycles. The van der Waals surface area contributed by atoms with Crippen LogP contribution in [0.15, 0.2) is 29.6 Å². The van der Waals surface area contributed by atoms with E-state index in [9.17, 15) is 0 Å². The second-order valence-electron chi connectivity index (χ2n) is 4.30. The van der Waals surface area contributed by atoms with E-state index in [0.29, 0.717) is 12.4 Å². The number of fused-ring (bicyclic) bond motifs is 1. The third kappa shape index (κ3) is 1.96. The van der Waals surface area contributed by atoms with Crippen LogP contribution in [-0.2, 0) is 0 Å². The van der Waals surface area contributed by atoms with Crippen molar-refractivity contribution in [2.24, 2.45) is 0 Å². The second kappa shape index (κ2) is 4.59. The van der Waals surface area contributed by atoms with Gasteiger partial charge in [-0.05, 0) is 38.1 Å². The van der Waals surface area contributed by atoms with Crippen LogP contribution in [0.5, 0.6) is 5.75 Å². The largest absolute Gasteiger partial charge is 0.494 e. The number of hydrogen-bond acceptors (Lipinski definition) is 4. The number of nitrogens with two attached hydrogens (primary N) is 1. The van der Waals surface area contributed by atoms with Crippen LogP contribution in [0.25, 0.3) is 16.2 Å². The first-order chi connectivity index (χ1) is 9.20. The Labute approximate surface area is 115 Å². The van der Waals surface area contributed by atoms with Gasteiger partial charge < -0.3 is 10.5 Å². The van der Waals surface area contributed by atoms with Crippen molar-refractivity contribution in [1.29, 1.82) is 0 Å². The van der Waals surface area contributed by atoms with Gasteiger partial charge in [0.2, 0.25) is 0 Å². The van der Waals surface area contributed by atoms with Crippen LogP contribution in [-0.4, -0.2) is 16.0 Å². The summed E-state index contributed by atoms with van der Waals surface area (Å²) in [5.74, 6) is 1.56. The number of imidazole rings is 1. The van der Waals surface area contributed by atoms with Crippen molar-refractivity contribution in [2.45, 2.75) is 13.8 Å². The van der Waals surface area contributed by atoms with Crippen LogP contribution in [0.4, 0.5) is 5.82 Å². The summed E-state index contributed by atoms with van der Waals surface area (Å²) in [6.45, 7) is 4.67. The van der Waals surface area contributed by atoms with Gasteiger partial charge in [0.15, 0.2) is 4.96 Å². The monoisotopic (exact) mass is 273 g/mol. The van der Waals surface area contributed by atoms with Gasteiger partial charge in [-0.3, -0.25) is 4.40 Å². The van der Waals surface area contributed by atoms with Crippen molar-refractivity contribution < 1.29 is 4.74 Å². The van der Waals surface area contributed by atoms with Gasteiger partial charge in [0.05, 0.1) is 6.61 Å². The predicted octanol–water partition coefficient (Wildman–Crippen LogP) is 3.35. The molecule has 0 atom stereocenters. The number of nitrogens with zero attached hydrogens (tertiary/aromatic N) is 2. The Balaban J connectivity index is 2.06. The summed E-state index contributed by atoms with van der Waals surface area (Å²) < 4.78 is 7.42. The Morgan fingerprint density at radius 1 is 1.32 bits per heavy atom. The molecule has 0 aliphatic rings. The van der Waals surface area contributed by atoms with E-state index in [2.05, 4.69) is 10.4 Å². The van der Waals surface area contributed by atoms with Crippen LogP contribution in [0.3, 0.4) is 0 Å². The molecule has 0 fully saturated rings. The molecule has 0 bridgehead atoms. The lowest BCUT2D eigenvalue weighted by Gasteiger charge is -2.04. The zero-order chi connectivity index (χ0) is 13.4. The Bertz CT molecular complexity index is 712. The number of thiazole rings is 1. The van der Waals surface area contributed by atoms with E-state index in [1.807, 2.05) is 42.5 Å². The van der Waals surface area contributed by atoms with Crippen molar-refractivity contribution >= 4 is 22.1 Å². The minimum absolute atomic E-state index is 0.668. The highest BCUT2D eigenvalue weighted by molar-refractivity contribution is 7.15. The summed E-state index contributed by atoms with van der Waals surface area (Å²) in [7, 11) is 0. The van der Waals surface area contributed by atoms with Crippen molar-refractivity contribution in [3.63, 3.8) is 0 Å². The molecule has 19 heavy (non-hydrogen) atoms. The van der Waals surface area contributed by atoms with E-state index in [-0.39, 0.29) is 0 Å². The summed E-state index contributed by atoms with van der Waals surface area (Å²) in [5, 5.41) is 2.06. The molecule has 3 aromatic rings. The number of anilines is 1. The van der Waals surface area contributed by atoms with Crippen LogP contribution in [0.2, 0.25) is 0 Å². The van der Waals surface area contributed by atoms with E-state index in [0.717, 1.165) is 27.7 Å². The molecule has 0 aliphatic carbocycles. The third-order valence-electron chi connectivity index (χ3n) is 3.01. The average molecular weight is 273 g/mol. The summed E-state index contributed by atoms with van der Waals surface area (Å²) >= 11 is 1.60. The highest BCUT2D eigenvalue weighted by Crippen LogP contribution is 2.30. The standard InChI is InChI=1S/C14H15N3OS/c1-3-18-11-6-4-10(5-7-11)12-13(15)17-9(2)8-19-14(17)16-12/h4-8H,3,15H2,1-2H3. The van der Waals surface area contributed by atoms with Crippen LogP contribution >= 0.6 is 11.3 Å².